The second kappa shape index (κ2) is 6.73. The summed E-state index contributed by atoms with van der Waals surface area (Å²) in [5, 5.41) is 11.4. The largest absolute Gasteiger partial charge is 0.476 e. The van der Waals surface area contributed by atoms with Crippen LogP contribution in [0.25, 0.3) is 0 Å². The first-order chi connectivity index (χ1) is 8.49. The van der Waals surface area contributed by atoms with Gasteiger partial charge in [-0.05, 0) is 18.8 Å². The Hall–Kier alpha value is -1.10. The van der Waals surface area contributed by atoms with E-state index in [1.165, 1.54) is 11.3 Å². The Balaban J connectivity index is 2.96. The van der Waals surface area contributed by atoms with E-state index in [1.807, 2.05) is 0 Å². The fourth-order valence-electron chi connectivity index (χ4n) is 2.00. The molecule has 0 spiro atoms. The third-order valence-corrected chi connectivity index (χ3v) is 3.78. The summed E-state index contributed by atoms with van der Waals surface area (Å²) >= 11 is 1.42. The summed E-state index contributed by atoms with van der Waals surface area (Å²) in [6.45, 7) is 9.57. The molecule has 0 aromatic carbocycles. The van der Waals surface area contributed by atoms with Crippen LogP contribution in [0, 0.1) is 5.92 Å². The van der Waals surface area contributed by atoms with Gasteiger partial charge in [-0.25, -0.2) is 9.78 Å². The van der Waals surface area contributed by atoms with Crippen LogP contribution < -0.4 is 4.90 Å². The maximum Gasteiger partial charge on any atom is 0.355 e. The van der Waals surface area contributed by atoms with Gasteiger partial charge in [-0.15, -0.1) is 11.3 Å². The average molecular weight is 270 g/mol. The van der Waals surface area contributed by atoms with Gasteiger partial charge in [0.2, 0.25) is 0 Å². The Kier molecular flexibility index (Phi) is 5.59. The number of thiazole rings is 1. The first-order valence-electron chi connectivity index (χ1n) is 6.45. The molecule has 0 saturated heterocycles. The summed E-state index contributed by atoms with van der Waals surface area (Å²) in [5.41, 5.74) is 0.148. The van der Waals surface area contributed by atoms with Gasteiger partial charge in [0.25, 0.3) is 0 Å². The molecule has 1 heterocycles. The molecular weight excluding hydrogens is 248 g/mol. The van der Waals surface area contributed by atoms with Gasteiger partial charge in [-0.1, -0.05) is 27.7 Å². The van der Waals surface area contributed by atoms with Gasteiger partial charge in [0.05, 0.1) is 0 Å². The molecule has 0 amide bonds. The number of nitrogens with zero attached hydrogens (tertiary/aromatic N) is 2. The van der Waals surface area contributed by atoms with E-state index < -0.39 is 5.97 Å². The minimum absolute atomic E-state index is 0.148. The molecule has 5 heteroatoms. The lowest BCUT2D eigenvalue weighted by Crippen LogP contribution is -2.37. The van der Waals surface area contributed by atoms with Crippen molar-refractivity contribution in [2.45, 2.75) is 46.6 Å². The molecule has 1 N–H and O–H groups in total. The molecule has 4 nitrogen and oxygen atoms in total. The van der Waals surface area contributed by atoms with Crippen LogP contribution >= 0.6 is 11.3 Å². The third-order valence-electron chi connectivity index (χ3n) is 2.90. The lowest BCUT2D eigenvalue weighted by molar-refractivity contribution is 0.0691. The molecule has 1 aromatic rings. The fourth-order valence-corrected chi connectivity index (χ4v) is 2.88. The fraction of sp³-hybridized carbons (Fsp3) is 0.692. The van der Waals surface area contributed by atoms with Gasteiger partial charge in [0, 0.05) is 18.0 Å². The van der Waals surface area contributed by atoms with Crippen molar-refractivity contribution in [1.29, 1.82) is 0 Å². The molecule has 0 aliphatic carbocycles. The Morgan fingerprint density at radius 2 is 2.06 bits per heavy atom. The summed E-state index contributed by atoms with van der Waals surface area (Å²) in [5.74, 6) is -0.422. The molecule has 0 aliphatic heterocycles. The maximum atomic E-state index is 10.9. The minimum Gasteiger partial charge on any atom is -0.476 e. The van der Waals surface area contributed by atoms with Crippen LogP contribution in [-0.4, -0.2) is 28.6 Å². The number of aromatic nitrogens is 1. The van der Waals surface area contributed by atoms with Crippen LogP contribution in [0.2, 0.25) is 0 Å². The Morgan fingerprint density at radius 1 is 1.44 bits per heavy atom. The zero-order chi connectivity index (χ0) is 13.7. The van der Waals surface area contributed by atoms with E-state index >= 15 is 0 Å². The molecule has 0 radical (unpaired) electrons. The molecule has 0 aliphatic rings. The van der Waals surface area contributed by atoms with Crippen LogP contribution in [-0.2, 0) is 0 Å². The van der Waals surface area contributed by atoms with E-state index in [4.69, 9.17) is 5.11 Å². The predicted octanol–water partition coefficient (Wildman–Crippen LogP) is 3.49. The van der Waals surface area contributed by atoms with Crippen molar-refractivity contribution in [1.82, 2.24) is 4.98 Å². The minimum atomic E-state index is -0.952. The summed E-state index contributed by atoms with van der Waals surface area (Å²) in [6.07, 6.45) is 2.09. The number of carbonyl (C=O) groups is 1. The topological polar surface area (TPSA) is 53.4 Å². The Labute approximate surface area is 113 Å². The number of hydrogen-bond donors (Lipinski definition) is 1. The van der Waals surface area contributed by atoms with Gasteiger partial charge in [0.1, 0.15) is 0 Å². The van der Waals surface area contributed by atoms with Crippen LogP contribution in [0.4, 0.5) is 5.13 Å². The molecule has 0 unspecified atom stereocenters. The molecule has 0 bridgehead atoms. The Morgan fingerprint density at radius 3 is 2.44 bits per heavy atom. The number of carboxylic acid groups (broad SMARTS) is 1. The molecule has 0 atom stereocenters. The number of rotatable bonds is 7. The zero-order valence-corrected chi connectivity index (χ0v) is 12.3. The molecule has 0 fully saturated rings. The lowest BCUT2D eigenvalue weighted by atomic mass is 10.1. The Bertz CT molecular complexity index is 386. The normalized spacial score (nSPS) is 11.2. The van der Waals surface area contributed by atoms with Crippen LogP contribution in [0.5, 0.6) is 0 Å². The predicted molar refractivity (Wildman–Crippen MR) is 75.6 cm³/mol. The van der Waals surface area contributed by atoms with Crippen molar-refractivity contribution in [3.63, 3.8) is 0 Å². The highest BCUT2D eigenvalue weighted by Gasteiger charge is 2.21. The van der Waals surface area contributed by atoms with E-state index in [1.54, 1.807) is 5.38 Å². The van der Waals surface area contributed by atoms with Gasteiger partial charge in [0.15, 0.2) is 10.8 Å². The zero-order valence-electron chi connectivity index (χ0n) is 11.5. The number of carboxylic acids is 1. The van der Waals surface area contributed by atoms with Crippen molar-refractivity contribution in [3.05, 3.63) is 11.1 Å². The highest BCUT2D eigenvalue weighted by molar-refractivity contribution is 7.13. The number of anilines is 1. The molecular formula is C13H22N2O2S. The SMILES string of the molecule is CCC(CC)N(CC(C)C)c1nc(C(=O)O)cs1. The van der Waals surface area contributed by atoms with E-state index in [0.29, 0.717) is 12.0 Å². The van der Waals surface area contributed by atoms with Crippen molar-refractivity contribution < 1.29 is 9.90 Å². The van der Waals surface area contributed by atoms with Gasteiger partial charge < -0.3 is 10.0 Å². The second-order valence-corrected chi connectivity index (χ2v) is 5.67. The highest BCUT2D eigenvalue weighted by atomic mass is 32.1. The summed E-state index contributed by atoms with van der Waals surface area (Å²) in [7, 11) is 0. The quantitative estimate of drug-likeness (QED) is 0.824. The maximum absolute atomic E-state index is 10.9. The van der Waals surface area contributed by atoms with Gasteiger partial charge in [-0.2, -0.15) is 0 Å². The molecule has 1 aromatic heterocycles. The smallest absolute Gasteiger partial charge is 0.355 e. The summed E-state index contributed by atoms with van der Waals surface area (Å²) in [6, 6.07) is 0.431. The highest BCUT2D eigenvalue weighted by Crippen LogP contribution is 2.26. The molecule has 0 saturated carbocycles. The monoisotopic (exact) mass is 270 g/mol. The third kappa shape index (κ3) is 3.70. The van der Waals surface area contributed by atoms with E-state index in [0.717, 1.165) is 24.5 Å². The van der Waals surface area contributed by atoms with Crippen molar-refractivity contribution in [2.24, 2.45) is 5.92 Å². The first-order valence-corrected chi connectivity index (χ1v) is 7.32. The lowest BCUT2D eigenvalue weighted by Gasteiger charge is -2.31. The van der Waals surface area contributed by atoms with Crippen molar-refractivity contribution in [2.75, 3.05) is 11.4 Å². The summed E-state index contributed by atoms with van der Waals surface area (Å²) < 4.78 is 0. The number of hydrogen-bond acceptors (Lipinski definition) is 4. The van der Waals surface area contributed by atoms with Gasteiger partial charge >= 0.3 is 5.97 Å². The standard InChI is InChI=1S/C13H22N2O2S/c1-5-10(6-2)15(7-9(3)4)13-14-11(8-18-13)12(16)17/h8-10H,5-7H2,1-4H3,(H,16,17). The van der Waals surface area contributed by atoms with Crippen LogP contribution in [0.15, 0.2) is 5.38 Å². The molecule has 1 rings (SSSR count). The molecule has 102 valence electrons. The van der Waals surface area contributed by atoms with Crippen LogP contribution in [0.3, 0.4) is 0 Å². The average Bonchev–Trinajstić information content (AvgIpc) is 2.78. The van der Waals surface area contributed by atoms with Gasteiger partial charge in [-0.3, -0.25) is 0 Å². The first kappa shape index (κ1) is 15.0. The second-order valence-electron chi connectivity index (χ2n) is 4.84. The summed E-state index contributed by atoms with van der Waals surface area (Å²) in [4.78, 5) is 17.4. The molecule has 18 heavy (non-hydrogen) atoms. The van der Waals surface area contributed by atoms with E-state index in [-0.39, 0.29) is 5.69 Å². The van der Waals surface area contributed by atoms with Crippen molar-refractivity contribution in [3.8, 4) is 0 Å². The van der Waals surface area contributed by atoms with E-state index in [9.17, 15) is 4.79 Å². The van der Waals surface area contributed by atoms with Crippen LogP contribution in [0.1, 0.15) is 51.0 Å². The number of aromatic carboxylic acids is 1. The van der Waals surface area contributed by atoms with E-state index in [2.05, 4.69) is 37.6 Å². The van der Waals surface area contributed by atoms with Crippen molar-refractivity contribution >= 4 is 22.4 Å².